The molecule has 6 heteroatoms. The maximum absolute atomic E-state index is 12.3. The molecule has 6 nitrogen and oxygen atoms in total. The third-order valence-corrected chi connectivity index (χ3v) is 3.33. The molecule has 0 unspecified atom stereocenters. The van der Waals surface area contributed by atoms with Crippen LogP contribution in [-0.4, -0.2) is 27.3 Å². The molecule has 0 aliphatic carbocycles. The van der Waals surface area contributed by atoms with E-state index >= 15 is 0 Å². The first-order chi connectivity index (χ1) is 11.6. The number of benzene rings is 2. The molecule has 0 saturated heterocycles. The summed E-state index contributed by atoms with van der Waals surface area (Å²) in [7, 11) is 4.43. The van der Waals surface area contributed by atoms with Gasteiger partial charge in [-0.3, -0.25) is 0 Å². The van der Waals surface area contributed by atoms with Crippen molar-refractivity contribution in [3.05, 3.63) is 53.1 Å². The number of nitriles is 1. The first-order valence-corrected chi connectivity index (χ1v) is 7.09. The molecule has 2 aromatic rings. The van der Waals surface area contributed by atoms with Crippen molar-refractivity contribution in [3.63, 3.8) is 0 Å². The van der Waals surface area contributed by atoms with Crippen molar-refractivity contribution in [3.8, 4) is 23.3 Å². The molecule has 0 fully saturated rings. The number of rotatable bonds is 6. The molecule has 0 radical (unpaired) electrons. The van der Waals surface area contributed by atoms with E-state index in [1.807, 2.05) is 6.07 Å². The molecule has 0 amide bonds. The van der Waals surface area contributed by atoms with Crippen LogP contribution in [0.3, 0.4) is 0 Å². The van der Waals surface area contributed by atoms with Gasteiger partial charge in [0.1, 0.15) is 6.61 Å². The van der Waals surface area contributed by atoms with Gasteiger partial charge < -0.3 is 18.9 Å². The summed E-state index contributed by atoms with van der Waals surface area (Å²) in [5, 5.41) is 8.88. The number of hydrogen-bond donors (Lipinski definition) is 0. The Morgan fingerprint density at radius 2 is 1.71 bits per heavy atom. The van der Waals surface area contributed by atoms with E-state index in [4.69, 9.17) is 24.2 Å². The van der Waals surface area contributed by atoms with Crippen molar-refractivity contribution in [1.82, 2.24) is 0 Å². The minimum Gasteiger partial charge on any atom is -0.493 e. The van der Waals surface area contributed by atoms with Crippen molar-refractivity contribution < 1.29 is 23.7 Å². The quantitative estimate of drug-likeness (QED) is 0.759. The second-order valence-electron chi connectivity index (χ2n) is 4.80. The van der Waals surface area contributed by atoms with E-state index in [9.17, 15) is 4.79 Å². The van der Waals surface area contributed by atoms with Crippen LogP contribution in [0.15, 0.2) is 36.4 Å². The zero-order valence-electron chi connectivity index (χ0n) is 13.7. The van der Waals surface area contributed by atoms with Gasteiger partial charge in [-0.1, -0.05) is 12.1 Å². The number of esters is 1. The third kappa shape index (κ3) is 3.76. The first-order valence-electron chi connectivity index (χ1n) is 7.09. The summed E-state index contributed by atoms with van der Waals surface area (Å²) in [4.78, 5) is 12.3. The fourth-order valence-corrected chi connectivity index (χ4v) is 2.16. The molecule has 24 heavy (non-hydrogen) atoms. The number of ether oxygens (including phenoxy) is 4. The van der Waals surface area contributed by atoms with Crippen LogP contribution in [0.25, 0.3) is 0 Å². The van der Waals surface area contributed by atoms with Gasteiger partial charge in [0.15, 0.2) is 11.5 Å². The predicted molar refractivity (Wildman–Crippen MR) is 86.4 cm³/mol. The van der Waals surface area contributed by atoms with Crippen LogP contribution in [0.4, 0.5) is 0 Å². The molecule has 0 saturated carbocycles. The Labute approximate surface area is 140 Å². The molecule has 124 valence electrons. The lowest BCUT2D eigenvalue weighted by Gasteiger charge is -2.13. The molecule has 0 aliphatic heterocycles. The smallest absolute Gasteiger partial charge is 0.338 e. The molecule has 0 heterocycles. The highest BCUT2D eigenvalue weighted by atomic mass is 16.5. The first kappa shape index (κ1) is 17.2. The molecule has 0 bridgehead atoms. The monoisotopic (exact) mass is 327 g/mol. The maximum atomic E-state index is 12.3. The van der Waals surface area contributed by atoms with Crippen molar-refractivity contribution in [2.75, 3.05) is 21.3 Å². The summed E-state index contributed by atoms with van der Waals surface area (Å²) >= 11 is 0. The number of hydrogen-bond acceptors (Lipinski definition) is 6. The molecule has 0 spiro atoms. The van der Waals surface area contributed by atoms with Crippen molar-refractivity contribution in [1.29, 1.82) is 5.26 Å². The second kappa shape index (κ2) is 7.88. The fourth-order valence-electron chi connectivity index (χ4n) is 2.16. The van der Waals surface area contributed by atoms with Gasteiger partial charge >= 0.3 is 5.97 Å². The van der Waals surface area contributed by atoms with Crippen LogP contribution in [0.1, 0.15) is 21.5 Å². The van der Waals surface area contributed by atoms with Gasteiger partial charge in [-0.2, -0.15) is 5.26 Å². The number of nitrogens with zero attached hydrogens (tertiary/aromatic N) is 1. The molecule has 0 N–H and O–H groups in total. The maximum Gasteiger partial charge on any atom is 0.338 e. The number of carbonyl (C=O) groups is 1. The van der Waals surface area contributed by atoms with E-state index in [0.29, 0.717) is 22.8 Å². The third-order valence-electron chi connectivity index (χ3n) is 3.33. The molecule has 0 aromatic heterocycles. The van der Waals surface area contributed by atoms with E-state index in [-0.39, 0.29) is 12.2 Å². The Hall–Kier alpha value is -3.20. The topological polar surface area (TPSA) is 77.8 Å². The van der Waals surface area contributed by atoms with Crippen LogP contribution >= 0.6 is 0 Å². The summed E-state index contributed by atoms with van der Waals surface area (Å²) < 4.78 is 20.9. The average Bonchev–Trinajstić information content (AvgIpc) is 2.64. The molecular weight excluding hydrogens is 310 g/mol. The Morgan fingerprint density at radius 3 is 2.25 bits per heavy atom. The van der Waals surface area contributed by atoms with Gasteiger partial charge in [0, 0.05) is 0 Å². The Kier molecular flexibility index (Phi) is 5.63. The van der Waals surface area contributed by atoms with Gasteiger partial charge in [0.05, 0.1) is 38.5 Å². The lowest BCUT2D eigenvalue weighted by atomic mass is 10.1. The molecule has 0 aliphatic rings. The zero-order chi connectivity index (χ0) is 17.5. The predicted octanol–water partition coefficient (Wildman–Crippen LogP) is 2.94. The van der Waals surface area contributed by atoms with Crippen molar-refractivity contribution in [2.45, 2.75) is 6.61 Å². The highest BCUT2D eigenvalue weighted by Crippen LogP contribution is 2.38. The second-order valence-corrected chi connectivity index (χ2v) is 4.80. The number of methoxy groups -OCH3 is 3. The fraction of sp³-hybridized carbons (Fsp3) is 0.222. The van der Waals surface area contributed by atoms with Gasteiger partial charge in [-0.25, -0.2) is 4.79 Å². The molecular formula is C18H17NO5. The number of carbonyl (C=O) groups excluding carboxylic acids is 1. The summed E-state index contributed by atoms with van der Waals surface area (Å²) in [6, 6.07) is 12.0. The molecule has 2 aromatic carbocycles. The normalized spacial score (nSPS) is 9.75. The van der Waals surface area contributed by atoms with Gasteiger partial charge in [0.25, 0.3) is 0 Å². The van der Waals surface area contributed by atoms with Crippen LogP contribution in [0.5, 0.6) is 17.2 Å². The lowest BCUT2D eigenvalue weighted by Crippen LogP contribution is -2.07. The van der Waals surface area contributed by atoms with E-state index in [1.165, 1.54) is 33.5 Å². The summed E-state index contributed by atoms with van der Waals surface area (Å²) in [5.41, 5.74) is 1.52. The van der Waals surface area contributed by atoms with Crippen LogP contribution in [0.2, 0.25) is 0 Å². The Balaban J connectivity index is 2.19. The SMILES string of the molecule is COc1cc(C(=O)OCc2cccc(C#N)c2)cc(OC)c1OC. The highest BCUT2D eigenvalue weighted by Gasteiger charge is 2.18. The van der Waals surface area contributed by atoms with Crippen LogP contribution in [0, 0.1) is 11.3 Å². The van der Waals surface area contributed by atoms with E-state index in [2.05, 4.69) is 0 Å². The molecule has 2 rings (SSSR count). The summed E-state index contributed by atoms with van der Waals surface area (Å²) in [6.07, 6.45) is 0. The van der Waals surface area contributed by atoms with Crippen molar-refractivity contribution >= 4 is 5.97 Å². The Morgan fingerprint density at radius 1 is 1.04 bits per heavy atom. The minimum atomic E-state index is -0.531. The van der Waals surface area contributed by atoms with Crippen LogP contribution < -0.4 is 14.2 Å². The van der Waals surface area contributed by atoms with E-state index in [1.54, 1.807) is 24.3 Å². The Bertz CT molecular complexity index is 754. The highest BCUT2D eigenvalue weighted by molar-refractivity contribution is 5.91. The van der Waals surface area contributed by atoms with Gasteiger partial charge in [-0.05, 0) is 29.8 Å². The largest absolute Gasteiger partial charge is 0.493 e. The summed E-state index contributed by atoms with van der Waals surface area (Å²) in [6.45, 7) is 0.0605. The minimum absolute atomic E-state index is 0.0605. The van der Waals surface area contributed by atoms with Crippen molar-refractivity contribution in [2.24, 2.45) is 0 Å². The average molecular weight is 327 g/mol. The van der Waals surface area contributed by atoms with Crippen LogP contribution in [-0.2, 0) is 11.3 Å². The summed E-state index contributed by atoms with van der Waals surface area (Å²) in [5.74, 6) is 0.612. The molecule has 0 atom stereocenters. The standard InChI is InChI=1S/C18H17NO5/c1-21-15-8-14(9-16(22-2)17(15)23-3)18(20)24-11-13-6-4-5-12(7-13)10-19/h4-9H,11H2,1-3H3. The van der Waals surface area contributed by atoms with E-state index < -0.39 is 5.97 Å². The zero-order valence-corrected chi connectivity index (χ0v) is 13.7. The van der Waals surface area contributed by atoms with Gasteiger partial charge in [-0.15, -0.1) is 0 Å². The van der Waals surface area contributed by atoms with Gasteiger partial charge in [0.2, 0.25) is 5.75 Å². The van der Waals surface area contributed by atoms with E-state index in [0.717, 1.165) is 5.56 Å². The lowest BCUT2D eigenvalue weighted by molar-refractivity contribution is 0.0471.